The number of anilines is 1. The maximum atomic E-state index is 12.4. The van der Waals surface area contributed by atoms with Gasteiger partial charge in [-0.05, 0) is 36.1 Å². The first kappa shape index (κ1) is 15.8. The second-order valence-corrected chi connectivity index (χ2v) is 5.79. The lowest BCUT2D eigenvalue weighted by Crippen LogP contribution is -2.20. The van der Waals surface area contributed by atoms with Crippen LogP contribution in [-0.4, -0.2) is 11.2 Å². The van der Waals surface area contributed by atoms with Crippen molar-refractivity contribution >= 4 is 27.5 Å². The minimum Gasteiger partial charge on any atom is -0.326 e. The van der Waals surface area contributed by atoms with Crippen molar-refractivity contribution in [2.24, 2.45) is 0 Å². The molecule has 0 radical (unpaired) electrons. The van der Waals surface area contributed by atoms with Crippen LogP contribution in [0.15, 0.2) is 54.6 Å². The van der Waals surface area contributed by atoms with E-state index in [0.29, 0.717) is 0 Å². The number of carbonyl (C=O) groups excluding carboxylic acids is 1. The number of alkyl halides is 1. The van der Waals surface area contributed by atoms with Gasteiger partial charge >= 0.3 is 0 Å². The Kier molecular flexibility index (Phi) is 6.00. The van der Waals surface area contributed by atoms with Crippen molar-refractivity contribution in [3.05, 3.63) is 65.7 Å². The largest absolute Gasteiger partial charge is 0.326 e. The van der Waals surface area contributed by atoms with Gasteiger partial charge in [0.05, 0.1) is 5.92 Å². The highest BCUT2D eigenvalue weighted by molar-refractivity contribution is 9.09. The highest BCUT2D eigenvalue weighted by Crippen LogP contribution is 2.21. The molecule has 0 spiro atoms. The van der Waals surface area contributed by atoms with Gasteiger partial charge in [0, 0.05) is 11.0 Å². The molecule has 2 aromatic rings. The monoisotopic (exact) mass is 345 g/mol. The van der Waals surface area contributed by atoms with Crippen molar-refractivity contribution < 1.29 is 4.79 Å². The van der Waals surface area contributed by atoms with E-state index in [0.717, 1.165) is 29.4 Å². The molecule has 1 amide bonds. The van der Waals surface area contributed by atoms with Crippen LogP contribution in [0.3, 0.4) is 0 Å². The van der Waals surface area contributed by atoms with Gasteiger partial charge in [-0.25, -0.2) is 0 Å². The molecule has 0 saturated carbocycles. The Balaban J connectivity index is 2.05. The zero-order valence-electron chi connectivity index (χ0n) is 12.2. The Morgan fingerprint density at radius 2 is 1.76 bits per heavy atom. The van der Waals surface area contributed by atoms with Crippen LogP contribution < -0.4 is 5.32 Å². The van der Waals surface area contributed by atoms with Crippen molar-refractivity contribution in [1.29, 1.82) is 0 Å². The molecule has 110 valence electrons. The number of rotatable bonds is 6. The molecule has 0 aromatic heterocycles. The van der Waals surface area contributed by atoms with Crippen molar-refractivity contribution in [3.8, 4) is 0 Å². The Hall–Kier alpha value is -1.61. The van der Waals surface area contributed by atoms with Crippen LogP contribution in [0.2, 0.25) is 0 Å². The van der Waals surface area contributed by atoms with E-state index in [1.807, 2.05) is 49.4 Å². The van der Waals surface area contributed by atoms with Crippen LogP contribution in [0.4, 0.5) is 5.69 Å². The van der Waals surface area contributed by atoms with E-state index in [2.05, 4.69) is 33.4 Å². The van der Waals surface area contributed by atoms with Gasteiger partial charge in [-0.3, -0.25) is 4.79 Å². The zero-order chi connectivity index (χ0) is 15.1. The maximum absolute atomic E-state index is 12.4. The molecule has 1 unspecified atom stereocenters. The number of amides is 1. The normalized spacial score (nSPS) is 11.9. The number of halogens is 1. The summed E-state index contributed by atoms with van der Waals surface area (Å²) in [6.07, 6.45) is 1.79. The fourth-order valence-electron chi connectivity index (χ4n) is 2.35. The molecule has 2 aromatic carbocycles. The van der Waals surface area contributed by atoms with Crippen LogP contribution in [0.5, 0.6) is 0 Å². The van der Waals surface area contributed by atoms with Gasteiger partial charge in [0.2, 0.25) is 5.91 Å². The predicted octanol–water partition coefficient (Wildman–Crippen LogP) is 4.76. The third kappa shape index (κ3) is 4.43. The number of hydrogen-bond acceptors (Lipinski definition) is 1. The van der Waals surface area contributed by atoms with Gasteiger partial charge in [0.1, 0.15) is 0 Å². The Bertz CT molecular complexity index is 566. The quantitative estimate of drug-likeness (QED) is 0.751. The molecule has 0 aliphatic rings. The van der Waals surface area contributed by atoms with Crippen LogP contribution in [0.25, 0.3) is 0 Å². The molecule has 1 N–H and O–H groups in total. The van der Waals surface area contributed by atoms with Crippen molar-refractivity contribution in [3.63, 3.8) is 0 Å². The van der Waals surface area contributed by atoms with Gasteiger partial charge in [0.15, 0.2) is 0 Å². The minimum absolute atomic E-state index is 0.0527. The summed E-state index contributed by atoms with van der Waals surface area (Å²) < 4.78 is 0. The lowest BCUT2D eigenvalue weighted by atomic mass is 9.95. The predicted molar refractivity (Wildman–Crippen MR) is 92.0 cm³/mol. The zero-order valence-corrected chi connectivity index (χ0v) is 13.8. The number of benzene rings is 2. The molecule has 0 saturated heterocycles. The van der Waals surface area contributed by atoms with E-state index in [9.17, 15) is 4.79 Å². The summed E-state index contributed by atoms with van der Waals surface area (Å²) in [5.74, 6) is -0.0506. The van der Waals surface area contributed by atoms with Gasteiger partial charge in [-0.15, -0.1) is 0 Å². The topological polar surface area (TPSA) is 29.1 Å². The Labute approximate surface area is 134 Å². The van der Waals surface area contributed by atoms with E-state index in [4.69, 9.17) is 0 Å². The van der Waals surface area contributed by atoms with E-state index in [1.165, 1.54) is 5.56 Å². The molecule has 0 fully saturated rings. The van der Waals surface area contributed by atoms with Gasteiger partial charge in [0.25, 0.3) is 0 Å². The molecule has 21 heavy (non-hydrogen) atoms. The lowest BCUT2D eigenvalue weighted by Gasteiger charge is -2.15. The second kappa shape index (κ2) is 7.99. The molecule has 1 atom stereocenters. The Morgan fingerprint density at radius 3 is 2.33 bits per heavy atom. The summed E-state index contributed by atoms with van der Waals surface area (Å²) in [5, 5.41) is 3.96. The van der Waals surface area contributed by atoms with Crippen molar-refractivity contribution in [2.45, 2.75) is 25.7 Å². The Morgan fingerprint density at radius 1 is 1.10 bits per heavy atom. The fourth-order valence-corrected chi connectivity index (χ4v) is 2.81. The molecular weight excluding hydrogens is 326 g/mol. The molecular formula is C18H20BrNO. The van der Waals surface area contributed by atoms with Gasteiger partial charge < -0.3 is 5.32 Å². The first-order valence-corrected chi connectivity index (χ1v) is 8.37. The highest BCUT2D eigenvalue weighted by atomic mass is 79.9. The number of hydrogen-bond donors (Lipinski definition) is 1. The maximum Gasteiger partial charge on any atom is 0.231 e. The summed E-state index contributed by atoms with van der Waals surface area (Å²) in [4.78, 5) is 12.4. The standard InChI is InChI=1S/C18H20BrNO/c1-2-17(15-6-4-3-5-7-15)18(21)20-16-10-8-14(9-11-16)12-13-19/h3-11,17H,2,12-13H2,1H3,(H,20,21). The highest BCUT2D eigenvalue weighted by Gasteiger charge is 2.18. The van der Waals surface area contributed by atoms with Crippen molar-refractivity contribution in [1.82, 2.24) is 0 Å². The number of carbonyl (C=O) groups is 1. The minimum atomic E-state index is -0.103. The molecule has 2 nitrogen and oxygen atoms in total. The van der Waals surface area contributed by atoms with E-state index >= 15 is 0 Å². The summed E-state index contributed by atoms with van der Waals surface area (Å²) in [7, 11) is 0. The summed E-state index contributed by atoms with van der Waals surface area (Å²) >= 11 is 3.43. The second-order valence-electron chi connectivity index (χ2n) is 5.00. The van der Waals surface area contributed by atoms with Gasteiger partial charge in [-0.1, -0.05) is 65.3 Å². The molecule has 0 aliphatic heterocycles. The fraction of sp³-hybridized carbons (Fsp3) is 0.278. The van der Waals surface area contributed by atoms with Crippen LogP contribution in [-0.2, 0) is 11.2 Å². The summed E-state index contributed by atoms with van der Waals surface area (Å²) in [5.41, 5.74) is 3.18. The molecule has 3 heteroatoms. The van der Waals surface area contributed by atoms with E-state index in [1.54, 1.807) is 0 Å². The third-order valence-electron chi connectivity index (χ3n) is 3.53. The van der Waals surface area contributed by atoms with Crippen molar-refractivity contribution in [2.75, 3.05) is 10.6 Å². The molecule has 0 heterocycles. The van der Waals surface area contributed by atoms with Crippen LogP contribution in [0, 0.1) is 0 Å². The smallest absolute Gasteiger partial charge is 0.231 e. The van der Waals surface area contributed by atoms with E-state index < -0.39 is 0 Å². The average molecular weight is 346 g/mol. The first-order chi connectivity index (χ1) is 10.2. The number of nitrogens with one attached hydrogen (secondary N) is 1. The average Bonchev–Trinajstić information content (AvgIpc) is 2.51. The summed E-state index contributed by atoms with van der Waals surface area (Å²) in [6, 6.07) is 18.0. The number of aryl methyl sites for hydroxylation is 1. The molecule has 2 rings (SSSR count). The summed E-state index contributed by atoms with van der Waals surface area (Å²) in [6.45, 7) is 2.04. The van der Waals surface area contributed by atoms with E-state index in [-0.39, 0.29) is 11.8 Å². The first-order valence-electron chi connectivity index (χ1n) is 7.25. The molecule has 0 bridgehead atoms. The third-order valence-corrected chi connectivity index (χ3v) is 3.93. The SMILES string of the molecule is CCC(C(=O)Nc1ccc(CCBr)cc1)c1ccccc1. The molecule has 0 aliphatic carbocycles. The lowest BCUT2D eigenvalue weighted by molar-refractivity contribution is -0.117. The van der Waals surface area contributed by atoms with Gasteiger partial charge in [-0.2, -0.15) is 0 Å². The van der Waals surface area contributed by atoms with Crippen LogP contribution in [0.1, 0.15) is 30.4 Å². The van der Waals surface area contributed by atoms with Crippen LogP contribution >= 0.6 is 15.9 Å².